The van der Waals surface area contributed by atoms with Gasteiger partial charge in [0, 0.05) is 3.57 Å². The molecule has 1 aromatic carbocycles. The predicted octanol–water partition coefficient (Wildman–Crippen LogP) is 3.35. The average Bonchev–Trinajstić information content (AvgIpc) is 2.76. The van der Waals surface area contributed by atoms with Gasteiger partial charge in [-0.15, -0.1) is 0 Å². The fourth-order valence-corrected chi connectivity index (χ4v) is 2.08. The van der Waals surface area contributed by atoms with Crippen molar-refractivity contribution in [3.63, 3.8) is 0 Å². The molecule has 1 aromatic rings. The first-order chi connectivity index (χ1) is 5.27. The molecule has 0 heterocycles. The lowest BCUT2D eigenvalue weighted by Gasteiger charge is -2.02. The minimum atomic E-state index is 0.851. The van der Waals surface area contributed by atoms with Crippen LogP contribution < -0.4 is 0 Å². The van der Waals surface area contributed by atoms with E-state index >= 15 is 0 Å². The van der Waals surface area contributed by atoms with Gasteiger partial charge in [-0.05, 0) is 65.5 Å². The molecule has 0 spiro atoms. The first kappa shape index (κ1) is 7.59. The van der Waals surface area contributed by atoms with Crippen LogP contribution in [0.3, 0.4) is 0 Å². The Bertz CT molecular complexity index is 274. The summed E-state index contributed by atoms with van der Waals surface area (Å²) in [5.74, 6) is 0.851. The summed E-state index contributed by atoms with van der Waals surface area (Å²) in [5.41, 5.74) is 2.66. The lowest BCUT2D eigenvalue weighted by Crippen LogP contribution is -1.85. The molecule has 0 aliphatic heterocycles. The Morgan fingerprint density at radius 3 is 2.73 bits per heavy atom. The summed E-state index contributed by atoms with van der Waals surface area (Å²) in [6, 6.07) is 6.46. The SMILES string of the molecule is [CH2]c1ccc(I)c(C2CC2)c1. The largest absolute Gasteiger partial charge is 0.0580 e. The fraction of sp³-hybridized carbons (Fsp3) is 0.300. The van der Waals surface area contributed by atoms with Gasteiger partial charge in [-0.25, -0.2) is 0 Å². The summed E-state index contributed by atoms with van der Waals surface area (Å²) in [6.45, 7) is 3.93. The molecule has 1 fully saturated rings. The first-order valence-corrected chi connectivity index (χ1v) is 4.96. The quantitative estimate of drug-likeness (QED) is 0.677. The van der Waals surface area contributed by atoms with E-state index in [1.165, 1.54) is 22.0 Å². The van der Waals surface area contributed by atoms with Crippen LogP contribution in [0.4, 0.5) is 0 Å². The van der Waals surface area contributed by atoms with E-state index in [-0.39, 0.29) is 0 Å². The van der Waals surface area contributed by atoms with E-state index in [0.29, 0.717) is 0 Å². The van der Waals surface area contributed by atoms with Gasteiger partial charge in [-0.3, -0.25) is 0 Å². The molecule has 1 radical (unpaired) electrons. The van der Waals surface area contributed by atoms with Crippen molar-refractivity contribution in [3.8, 4) is 0 Å². The molecule has 2 rings (SSSR count). The van der Waals surface area contributed by atoms with Gasteiger partial charge in [0.25, 0.3) is 0 Å². The summed E-state index contributed by atoms with van der Waals surface area (Å²) >= 11 is 2.40. The number of benzene rings is 1. The maximum Gasteiger partial charge on any atom is 0.0165 e. The van der Waals surface area contributed by atoms with E-state index in [1.54, 1.807) is 0 Å². The van der Waals surface area contributed by atoms with Crippen molar-refractivity contribution < 1.29 is 0 Å². The topological polar surface area (TPSA) is 0 Å². The molecule has 1 heteroatoms. The Balaban J connectivity index is 2.42. The van der Waals surface area contributed by atoms with E-state index in [1.807, 2.05) is 0 Å². The molecule has 0 N–H and O–H groups in total. The Morgan fingerprint density at radius 2 is 2.09 bits per heavy atom. The van der Waals surface area contributed by atoms with Crippen molar-refractivity contribution in [2.75, 3.05) is 0 Å². The van der Waals surface area contributed by atoms with Crippen molar-refractivity contribution in [1.29, 1.82) is 0 Å². The second-order valence-electron chi connectivity index (χ2n) is 3.13. The van der Waals surface area contributed by atoms with Crippen molar-refractivity contribution in [3.05, 3.63) is 39.8 Å². The van der Waals surface area contributed by atoms with Crippen LogP contribution in [-0.4, -0.2) is 0 Å². The second-order valence-corrected chi connectivity index (χ2v) is 4.29. The smallest absolute Gasteiger partial charge is 0.0165 e. The third kappa shape index (κ3) is 1.58. The highest BCUT2D eigenvalue weighted by Gasteiger charge is 2.25. The molecular weight excluding hydrogens is 247 g/mol. The van der Waals surface area contributed by atoms with Crippen molar-refractivity contribution >= 4 is 22.6 Å². The molecule has 0 aromatic heterocycles. The van der Waals surface area contributed by atoms with Crippen molar-refractivity contribution in [2.24, 2.45) is 0 Å². The average molecular weight is 257 g/mol. The predicted molar refractivity (Wildman–Crippen MR) is 55.6 cm³/mol. The lowest BCUT2D eigenvalue weighted by molar-refractivity contribution is 1.11. The monoisotopic (exact) mass is 257 g/mol. The number of hydrogen-bond donors (Lipinski definition) is 0. The van der Waals surface area contributed by atoms with Crippen LogP contribution >= 0.6 is 22.6 Å². The summed E-state index contributed by atoms with van der Waals surface area (Å²) < 4.78 is 1.40. The van der Waals surface area contributed by atoms with Gasteiger partial charge in [0.2, 0.25) is 0 Å². The summed E-state index contributed by atoms with van der Waals surface area (Å²) in [5, 5.41) is 0. The lowest BCUT2D eigenvalue weighted by atomic mass is 10.1. The molecule has 0 nitrogen and oxygen atoms in total. The molecule has 11 heavy (non-hydrogen) atoms. The number of hydrogen-bond acceptors (Lipinski definition) is 0. The number of halogens is 1. The maximum absolute atomic E-state index is 3.93. The third-order valence-electron chi connectivity index (χ3n) is 2.08. The van der Waals surface area contributed by atoms with Gasteiger partial charge in [-0.2, -0.15) is 0 Å². The standard InChI is InChI=1S/C10H10I/c1-7-2-5-10(11)9(6-7)8-3-4-8/h2,5-6,8H,1,3-4H2. The highest BCUT2D eigenvalue weighted by Crippen LogP contribution is 2.42. The zero-order valence-electron chi connectivity index (χ0n) is 6.31. The summed E-state index contributed by atoms with van der Waals surface area (Å²) in [6.07, 6.45) is 2.75. The van der Waals surface area contributed by atoms with E-state index in [4.69, 9.17) is 0 Å². The molecule has 0 atom stereocenters. The van der Waals surface area contributed by atoms with Gasteiger partial charge >= 0.3 is 0 Å². The fourth-order valence-electron chi connectivity index (χ4n) is 1.30. The molecule has 57 valence electrons. The highest BCUT2D eigenvalue weighted by atomic mass is 127. The van der Waals surface area contributed by atoms with Crippen LogP contribution in [0.5, 0.6) is 0 Å². The maximum atomic E-state index is 3.93. The van der Waals surface area contributed by atoms with E-state index in [0.717, 1.165) is 11.5 Å². The molecular formula is C10H10I. The zero-order valence-corrected chi connectivity index (χ0v) is 8.47. The van der Waals surface area contributed by atoms with Crippen molar-refractivity contribution in [1.82, 2.24) is 0 Å². The van der Waals surface area contributed by atoms with E-state index in [9.17, 15) is 0 Å². The van der Waals surface area contributed by atoms with Crippen LogP contribution in [0.15, 0.2) is 18.2 Å². The Labute approximate surface area is 81.1 Å². The molecule has 0 saturated heterocycles. The number of rotatable bonds is 1. The third-order valence-corrected chi connectivity index (χ3v) is 3.06. The Morgan fingerprint density at radius 1 is 1.36 bits per heavy atom. The van der Waals surface area contributed by atoms with Gasteiger partial charge in [0.05, 0.1) is 0 Å². The van der Waals surface area contributed by atoms with Crippen molar-refractivity contribution in [2.45, 2.75) is 18.8 Å². The Hall–Kier alpha value is -0.0500. The molecule has 1 saturated carbocycles. The Kier molecular flexibility index (Phi) is 1.91. The molecule has 1 aliphatic rings. The van der Waals surface area contributed by atoms with Crippen LogP contribution in [0.25, 0.3) is 0 Å². The van der Waals surface area contributed by atoms with Gasteiger partial charge < -0.3 is 0 Å². The van der Waals surface area contributed by atoms with E-state index < -0.39 is 0 Å². The normalized spacial score (nSPS) is 16.9. The van der Waals surface area contributed by atoms with Crippen LogP contribution in [-0.2, 0) is 0 Å². The molecule has 1 aliphatic carbocycles. The second kappa shape index (κ2) is 2.77. The van der Waals surface area contributed by atoms with Crippen LogP contribution in [0, 0.1) is 10.5 Å². The highest BCUT2D eigenvalue weighted by molar-refractivity contribution is 14.1. The first-order valence-electron chi connectivity index (χ1n) is 3.89. The molecule has 0 amide bonds. The minimum Gasteiger partial charge on any atom is -0.0580 e. The van der Waals surface area contributed by atoms with Gasteiger partial charge in [0.1, 0.15) is 0 Å². The van der Waals surface area contributed by atoms with E-state index in [2.05, 4.69) is 47.7 Å². The van der Waals surface area contributed by atoms with Gasteiger partial charge in [0.15, 0.2) is 0 Å². The zero-order chi connectivity index (χ0) is 7.84. The summed E-state index contributed by atoms with van der Waals surface area (Å²) in [7, 11) is 0. The summed E-state index contributed by atoms with van der Waals surface area (Å²) in [4.78, 5) is 0. The molecule has 0 bridgehead atoms. The van der Waals surface area contributed by atoms with Crippen LogP contribution in [0.1, 0.15) is 29.9 Å². The minimum absolute atomic E-state index is 0.851. The molecule has 0 unspecified atom stereocenters. The van der Waals surface area contributed by atoms with Crippen LogP contribution in [0.2, 0.25) is 0 Å². The van der Waals surface area contributed by atoms with Gasteiger partial charge in [-0.1, -0.05) is 12.1 Å².